The van der Waals surface area contributed by atoms with Gasteiger partial charge in [0.1, 0.15) is 10.8 Å². The maximum atomic E-state index is 12.6. The van der Waals surface area contributed by atoms with E-state index in [1.807, 2.05) is 0 Å². The third-order valence-corrected chi connectivity index (χ3v) is 6.17. The number of carbonyl (C=O) groups is 2. The first-order valence-corrected chi connectivity index (χ1v) is 10.7. The summed E-state index contributed by atoms with van der Waals surface area (Å²) in [5.74, 6) is 0.551. The molecule has 1 aromatic carbocycles. The normalized spacial score (nSPS) is 15.2. The fraction of sp³-hybridized carbons (Fsp3) is 0.381. The zero-order chi connectivity index (χ0) is 21.0. The topological polar surface area (TPSA) is 76.7 Å². The van der Waals surface area contributed by atoms with Crippen molar-refractivity contribution in [3.8, 4) is 5.75 Å². The maximum absolute atomic E-state index is 12.6. The van der Waals surface area contributed by atoms with Gasteiger partial charge in [-0.1, -0.05) is 6.92 Å². The van der Waals surface area contributed by atoms with E-state index >= 15 is 0 Å². The third-order valence-electron chi connectivity index (χ3n) is 4.80. The molecule has 1 amide bonds. The van der Waals surface area contributed by atoms with E-state index in [1.54, 1.807) is 38.3 Å². The van der Waals surface area contributed by atoms with Crippen LogP contribution in [0.25, 0.3) is 0 Å². The Balaban J connectivity index is 1.76. The van der Waals surface area contributed by atoms with E-state index in [-0.39, 0.29) is 17.0 Å². The molecule has 2 aromatic rings. The molecule has 1 aliphatic rings. The molecule has 1 atom stereocenters. The Bertz CT molecular complexity index is 922. The molecular weight excluding hydrogens is 408 g/mol. The van der Waals surface area contributed by atoms with Crippen LogP contribution in [-0.4, -0.2) is 30.7 Å². The van der Waals surface area contributed by atoms with Gasteiger partial charge in [-0.15, -0.1) is 11.3 Å². The lowest BCUT2D eigenvalue weighted by molar-refractivity contribution is 0.0526. The van der Waals surface area contributed by atoms with Crippen LogP contribution in [0.1, 0.15) is 51.4 Å². The van der Waals surface area contributed by atoms with Crippen LogP contribution < -0.4 is 15.4 Å². The van der Waals surface area contributed by atoms with Crippen molar-refractivity contribution in [3.63, 3.8) is 0 Å². The van der Waals surface area contributed by atoms with Gasteiger partial charge < -0.3 is 14.8 Å². The summed E-state index contributed by atoms with van der Waals surface area (Å²) < 4.78 is 10.4. The molecule has 8 heteroatoms. The van der Waals surface area contributed by atoms with Crippen LogP contribution in [-0.2, 0) is 17.6 Å². The molecule has 0 radical (unpaired) electrons. The Morgan fingerprint density at radius 3 is 2.66 bits per heavy atom. The van der Waals surface area contributed by atoms with E-state index in [9.17, 15) is 9.59 Å². The highest BCUT2D eigenvalue weighted by Gasteiger charge is 2.29. The van der Waals surface area contributed by atoms with Crippen LogP contribution in [0.2, 0.25) is 0 Å². The van der Waals surface area contributed by atoms with Crippen LogP contribution in [0.3, 0.4) is 0 Å². The number of benzene rings is 1. The van der Waals surface area contributed by atoms with Crippen molar-refractivity contribution in [3.05, 3.63) is 45.8 Å². The summed E-state index contributed by atoms with van der Waals surface area (Å²) in [6.45, 7) is 4.29. The second-order valence-corrected chi connectivity index (χ2v) is 8.43. The standard InChI is InChI=1S/C21H24N2O4S2/c1-4-27-20(25)17-15-10-5-12(2)11-16(15)29-19(17)23-21(28)22-18(24)13-6-8-14(26-3)9-7-13/h6-9,12H,4-5,10-11H2,1-3H3,(H2,22,23,24,28)/t12-/m1/s1. The van der Waals surface area contributed by atoms with E-state index < -0.39 is 0 Å². The SMILES string of the molecule is CCOC(=O)c1c(NC(=S)NC(=O)c2ccc(OC)cc2)sc2c1CC[C@@H](C)C2. The highest BCUT2D eigenvalue weighted by molar-refractivity contribution is 7.80. The minimum Gasteiger partial charge on any atom is -0.497 e. The van der Waals surface area contributed by atoms with Crippen molar-refractivity contribution in [2.24, 2.45) is 5.92 Å². The lowest BCUT2D eigenvalue weighted by Crippen LogP contribution is -2.34. The average molecular weight is 433 g/mol. The summed E-state index contributed by atoms with van der Waals surface area (Å²) in [6, 6.07) is 6.73. The number of anilines is 1. The second-order valence-electron chi connectivity index (χ2n) is 6.91. The number of thiocarbonyl (C=S) groups is 1. The molecule has 29 heavy (non-hydrogen) atoms. The molecule has 0 saturated heterocycles. The van der Waals surface area contributed by atoms with Gasteiger partial charge in [-0.25, -0.2) is 4.79 Å². The molecule has 2 N–H and O–H groups in total. The van der Waals surface area contributed by atoms with Gasteiger partial charge >= 0.3 is 5.97 Å². The Morgan fingerprint density at radius 2 is 2.00 bits per heavy atom. The maximum Gasteiger partial charge on any atom is 0.341 e. The van der Waals surface area contributed by atoms with Gasteiger partial charge in [0.2, 0.25) is 0 Å². The minimum atomic E-state index is -0.355. The fourth-order valence-corrected chi connectivity index (χ4v) is 4.97. The van der Waals surface area contributed by atoms with Crippen LogP contribution >= 0.6 is 23.6 Å². The summed E-state index contributed by atoms with van der Waals surface area (Å²) in [7, 11) is 1.57. The Kier molecular flexibility index (Phi) is 6.87. The number of carbonyl (C=O) groups excluding carboxylic acids is 2. The highest BCUT2D eigenvalue weighted by atomic mass is 32.1. The zero-order valence-corrected chi connectivity index (χ0v) is 18.3. The highest BCUT2D eigenvalue weighted by Crippen LogP contribution is 2.40. The molecule has 0 saturated carbocycles. The monoisotopic (exact) mass is 432 g/mol. The lowest BCUT2D eigenvalue weighted by atomic mass is 9.88. The van der Waals surface area contributed by atoms with E-state index in [0.717, 1.165) is 24.8 Å². The minimum absolute atomic E-state index is 0.142. The summed E-state index contributed by atoms with van der Waals surface area (Å²) in [6.07, 6.45) is 2.81. The first-order valence-electron chi connectivity index (χ1n) is 9.51. The van der Waals surface area contributed by atoms with Gasteiger partial charge in [0.05, 0.1) is 19.3 Å². The number of esters is 1. The average Bonchev–Trinajstić information content (AvgIpc) is 3.04. The van der Waals surface area contributed by atoms with Crippen molar-refractivity contribution >= 4 is 45.5 Å². The number of nitrogens with one attached hydrogen (secondary N) is 2. The number of methoxy groups -OCH3 is 1. The molecule has 3 rings (SSSR count). The molecule has 1 aliphatic carbocycles. The number of rotatable bonds is 5. The molecule has 0 aliphatic heterocycles. The van der Waals surface area contributed by atoms with E-state index in [4.69, 9.17) is 21.7 Å². The summed E-state index contributed by atoms with van der Waals surface area (Å²) in [5, 5.41) is 6.47. The number of hydrogen-bond acceptors (Lipinski definition) is 6. The smallest absolute Gasteiger partial charge is 0.341 e. The predicted molar refractivity (Wildman–Crippen MR) is 118 cm³/mol. The van der Waals surface area contributed by atoms with Crippen LogP contribution in [0.4, 0.5) is 5.00 Å². The number of fused-ring (bicyclic) bond motifs is 1. The van der Waals surface area contributed by atoms with Gasteiger partial charge in [0, 0.05) is 10.4 Å². The Morgan fingerprint density at radius 1 is 1.28 bits per heavy atom. The number of ether oxygens (including phenoxy) is 2. The van der Waals surface area contributed by atoms with Crippen molar-refractivity contribution in [2.45, 2.75) is 33.1 Å². The molecule has 6 nitrogen and oxygen atoms in total. The molecule has 1 aromatic heterocycles. The quantitative estimate of drug-likeness (QED) is 0.545. The summed E-state index contributed by atoms with van der Waals surface area (Å²) in [4.78, 5) is 26.2. The van der Waals surface area contributed by atoms with Crippen LogP contribution in [0.5, 0.6) is 5.75 Å². The van der Waals surface area contributed by atoms with Gasteiger partial charge in [0.15, 0.2) is 5.11 Å². The lowest BCUT2D eigenvalue weighted by Gasteiger charge is -2.18. The van der Waals surface area contributed by atoms with Crippen LogP contribution in [0.15, 0.2) is 24.3 Å². The van der Waals surface area contributed by atoms with Crippen molar-refractivity contribution in [2.75, 3.05) is 19.0 Å². The molecule has 0 unspecified atom stereocenters. The fourth-order valence-electron chi connectivity index (χ4n) is 3.31. The first kappa shape index (κ1) is 21.3. The summed E-state index contributed by atoms with van der Waals surface area (Å²) in [5.41, 5.74) is 2.04. The predicted octanol–water partition coefficient (Wildman–Crippen LogP) is 4.19. The summed E-state index contributed by atoms with van der Waals surface area (Å²) >= 11 is 6.83. The largest absolute Gasteiger partial charge is 0.497 e. The zero-order valence-electron chi connectivity index (χ0n) is 16.7. The van der Waals surface area contributed by atoms with Crippen molar-refractivity contribution in [1.29, 1.82) is 0 Å². The van der Waals surface area contributed by atoms with Gasteiger partial charge in [0.25, 0.3) is 5.91 Å². The van der Waals surface area contributed by atoms with Gasteiger partial charge in [-0.3, -0.25) is 10.1 Å². The van der Waals surface area contributed by atoms with E-state index in [2.05, 4.69) is 17.6 Å². The molecule has 0 bridgehead atoms. The number of thiophene rings is 1. The molecule has 1 heterocycles. The van der Waals surface area contributed by atoms with Gasteiger partial charge in [-0.05, 0) is 74.2 Å². The van der Waals surface area contributed by atoms with E-state index in [0.29, 0.717) is 34.4 Å². The van der Waals surface area contributed by atoms with Gasteiger partial charge in [-0.2, -0.15) is 0 Å². The molecular formula is C21H24N2O4S2. The van der Waals surface area contributed by atoms with Crippen LogP contribution in [0, 0.1) is 5.92 Å². The molecule has 154 valence electrons. The van der Waals surface area contributed by atoms with Crippen molar-refractivity contribution < 1.29 is 19.1 Å². The van der Waals surface area contributed by atoms with Crippen molar-refractivity contribution in [1.82, 2.24) is 5.32 Å². The Labute approximate surface area is 179 Å². The van der Waals surface area contributed by atoms with E-state index in [1.165, 1.54) is 16.2 Å². The Hall–Kier alpha value is -2.45. The second kappa shape index (κ2) is 9.37. The number of amides is 1. The first-order chi connectivity index (χ1) is 13.9. The third kappa shape index (κ3) is 4.94. The molecule has 0 fully saturated rings. The number of hydrogen-bond donors (Lipinski definition) is 2. The molecule has 0 spiro atoms.